The summed E-state index contributed by atoms with van der Waals surface area (Å²) in [5.41, 5.74) is 0. The third-order valence-corrected chi connectivity index (χ3v) is 5.80. The van der Waals surface area contributed by atoms with Crippen molar-refractivity contribution < 1.29 is 9.56 Å². The molecule has 0 radical (unpaired) electrons. The Balaban J connectivity index is 5.17. The molecule has 124 valence electrons. The zero-order valence-corrected chi connectivity index (χ0v) is 15.7. The van der Waals surface area contributed by atoms with E-state index in [1.807, 2.05) is 0 Å². The molecule has 0 N–H and O–H groups in total. The molecule has 0 aromatic rings. The Morgan fingerprint density at radius 1 is 0.857 bits per heavy atom. The molecular formula is C15H32N3O2P. The van der Waals surface area contributed by atoms with Gasteiger partial charge in [-0.05, 0) is 55.4 Å². The summed E-state index contributed by atoms with van der Waals surface area (Å²) < 4.78 is 10.5. The van der Waals surface area contributed by atoms with Crippen molar-refractivity contribution in [3.05, 3.63) is 0 Å². The van der Waals surface area contributed by atoms with Crippen LogP contribution in [-0.2, 0) is 9.56 Å². The highest BCUT2D eigenvalue weighted by Crippen LogP contribution is 2.50. The minimum absolute atomic E-state index is 0.309. The molecule has 0 aliphatic rings. The SMILES string of the molecule is CC(C)N(C(C)C)P(OOCCC#N)N(C(C)C)C(C)C. The predicted octanol–water partition coefficient (Wildman–Crippen LogP) is 4.31. The average Bonchev–Trinajstić information content (AvgIpc) is 2.32. The molecule has 0 aromatic carbocycles. The summed E-state index contributed by atoms with van der Waals surface area (Å²) in [7, 11) is -1.03. The number of nitriles is 1. The van der Waals surface area contributed by atoms with Crippen LogP contribution >= 0.6 is 8.45 Å². The van der Waals surface area contributed by atoms with Crippen LogP contribution in [0, 0.1) is 11.3 Å². The van der Waals surface area contributed by atoms with Gasteiger partial charge in [0.05, 0.1) is 19.1 Å². The lowest BCUT2D eigenvalue weighted by molar-refractivity contribution is -0.208. The topological polar surface area (TPSA) is 48.7 Å². The minimum Gasteiger partial charge on any atom is -0.240 e. The Morgan fingerprint density at radius 3 is 1.52 bits per heavy atom. The van der Waals surface area contributed by atoms with E-state index >= 15 is 0 Å². The average molecular weight is 317 g/mol. The number of nitrogens with zero attached hydrogens (tertiary/aromatic N) is 3. The van der Waals surface area contributed by atoms with Crippen LogP contribution in [0.5, 0.6) is 0 Å². The summed E-state index contributed by atoms with van der Waals surface area (Å²) in [6.45, 7) is 17.7. The van der Waals surface area contributed by atoms with Gasteiger partial charge in [0.15, 0.2) is 0 Å². The Bertz CT molecular complexity index is 281. The first-order valence-electron chi connectivity index (χ1n) is 7.77. The zero-order valence-electron chi connectivity index (χ0n) is 14.8. The molecule has 0 saturated carbocycles. The fraction of sp³-hybridized carbons (Fsp3) is 0.933. The van der Waals surface area contributed by atoms with Crippen LogP contribution in [0.25, 0.3) is 0 Å². The molecule has 0 amide bonds. The molecule has 0 bridgehead atoms. The van der Waals surface area contributed by atoms with Crippen molar-refractivity contribution in [2.75, 3.05) is 6.61 Å². The van der Waals surface area contributed by atoms with E-state index in [1.54, 1.807) is 0 Å². The smallest absolute Gasteiger partial charge is 0.226 e. The van der Waals surface area contributed by atoms with Gasteiger partial charge >= 0.3 is 0 Å². The van der Waals surface area contributed by atoms with Crippen molar-refractivity contribution >= 4 is 8.45 Å². The van der Waals surface area contributed by atoms with Gasteiger partial charge in [0.25, 0.3) is 0 Å². The summed E-state index contributed by atoms with van der Waals surface area (Å²) in [5, 5.41) is 8.60. The fourth-order valence-electron chi connectivity index (χ4n) is 2.35. The normalized spacial score (nSPS) is 12.7. The molecule has 0 unspecified atom stereocenters. The van der Waals surface area contributed by atoms with Crippen molar-refractivity contribution in [1.29, 1.82) is 5.26 Å². The molecule has 5 nitrogen and oxygen atoms in total. The van der Waals surface area contributed by atoms with Crippen LogP contribution in [-0.4, -0.2) is 40.1 Å². The van der Waals surface area contributed by atoms with Gasteiger partial charge < -0.3 is 0 Å². The van der Waals surface area contributed by atoms with Gasteiger partial charge in [0.1, 0.15) is 0 Å². The van der Waals surface area contributed by atoms with Crippen LogP contribution < -0.4 is 0 Å². The lowest BCUT2D eigenvalue weighted by Gasteiger charge is -2.44. The van der Waals surface area contributed by atoms with Gasteiger partial charge in [-0.15, -0.1) is 0 Å². The summed E-state index contributed by atoms with van der Waals surface area (Å²) in [4.78, 5) is 5.32. The molecule has 0 aliphatic heterocycles. The van der Waals surface area contributed by atoms with Gasteiger partial charge in [-0.25, -0.2) is 14.2 Å². The van der Waals surface area contributed by atoms with Crippen LogP contribution in [0.15, 0.2) is 0 Å². The number of hydrogen-bond donors (Lipinski definition) is 0. The molecule has 0 aromatic heterocycles. The Labute approximate surface area is 132 Å². The third kappa shape index (κ3) is 7.04. The highest BCUT2D eigenvalue weighted by molar-refractivity contribution is 7.47. The first kappa shape index (κ1) is 20.8. The second kappa shape index (κ2) is 10.5. The number of hydrogen-bond acceptors (Lipinski definition) is 5. The molecule has 0 fully saturated rings. The van der Waals surface area contributed by atoms with Gasteiger partial charge in [0, 0.05) is 24.2 Å². The summed E-state index contributed by atoms with van der Waals surface area (Å²) in [6.07, 6.45) is 0.343. The highest BCUT2D eigenvalue weighted by Gasteiger charge is 2.35. The monoisotopic (exact) mass is 317 g/mol. The van der Waals surface area contributed by atoms with Gasteiger partial charge in [-0.3, -0.25) is 0 Å². The summed E-state index contributed by atoms with van der Waals surface area (Å²) >= 11 is 0. The predicted molar refractivity (Wildman–Crippen MR) is 88.4 cm³/mol. The Kier molecular flexibility index (Phi) is 10.4. The van der Waals surface area contributed by atoms with E-state index in [-0.39, 0.29) is 0 Å². The van der Waals surface area contributed by atoms with E-state index in [9.17, 15) is 0 Å². The Morgan fingerprint density at radius 2 is 1.24 bits per heavy atom. The van der Waals surface area contributed by atoms with E-state index in [0.717, 1.165) is 0 Å². The first-order valence-corrected chi connectivity index (χ1v) is 8.93. The second-order valence-electron chi connectivity index (χ2n) is 6.19. The quantitative estimate of drug-likeness (QED) is 0.260. The van der Waals surface area contributed by atoms with E-state index < -0.39 is 8.45 Å². The van der Waals surface area contributed by atoms with Crippen LogP contribution in [0.2, 0.25) is 0 Å². The van der Waals surface area contributed by atoms with Crippen molar-refractivity contribution in [3.63, 3.8) is 0 Å². The van der Waals surface area contributed by atoms with E-state index in [1.165, 1.54) is 0 Å². The fourth-order valence-corrected chi connectivity index (χ4v) is 4.49. The van der Waals surface area contributed by atoms with Gasteiger partial charge in [-0.1, -0.05) is 0 Å². The maximum Gasteiger partial charge on any atom is 0.226 e. The molecule has 0 aliphatic carbocycles. The van der Waals surface area contributed by atoms with E-state index in [0.29, 0.717) is 37.2 Å². The first-order chi connectivity index (χ1) is 9.73. The van der Waals surface area contributed by atoms with Crippen LogP contribution in [0.4, 0.5) is 0 Å². The molecule has 0 atom stereocenters. The number of rotatable bonds is 10. The van der Waals surface area contributed by atoms with Crippen molar-refractivity contribution in [2.45, 2.75) is 86.0 Å². The molecule has 0 rings (SSSR count). The standard InChI is InChI=1S/C15H32N3O2P/c1-12(2)17(13(3)4)21(20-19-11-9-10-16)18(14(5)6)15(7)8/h12-15H,9,11H2,1-8H3. The molecule has 0 saturated heterocycles. The van der Waals surface area contributed by atoms with Crippen LogP contribution in [0.3, 0.4) is 0 Å². The van der Waals surface area contributed by atoms with Crippen molar-refractivity contribution in [2.24, 2.45) is 0 Å². The molecule has 0 spiro atoms. The van der Waals surface area contributed by atoms with Gasteiger partial charge in [0.2, 0.25) is 8.45 Å². The Hall–Kier alpha value is -0.240. The van der Waals surface area contributed by atoms with Crippen molar-refractivity contribution in [3.8, 4) is 6.07 Å². The molecule has 6 heteroatoms. The van der Waals surface area contributed by atoms with E-state index in [2.05, 4.69) is 70.8 Å². The molecule has 0 heterocycles. The van der Waals surface area contributed by atoms with Crippen LogP contribution in [0.1, 0.15) is 61.8 Å². The second-order valence-corrected chi connectivity index (χ2v) is 7.77. The maximum atomic E-state index is 8.60. The third-order valence-electron chi connectivity index (χ3n) is 2.93. The largest absolute Gasteiger partial charge is 0.240 e. The van der Waals surface area contributed by atoms with E-state index in [4.69, 9.17) is 14.8 Å². The highest BCUT2D eigenvalue weighted by atomic mass is 31.2. The summed E-state index contributed by atoms with van der Waals surface area (Å²) in [5.74, 6) is 0. The van der Waals surface area contributed by atoms with Crippen molar-refractivity contribution in [1.82, 2.24) is 9.34 Å². The summed E-state index contributed by atoms with van der Waals surface area (Å²) in [6, 6.07) is 3.49. The minimum atomic E-state index is -1.03. The van der Waals surface area contributed by atoms with Gasteiger partial charge in [-0.2, -0.15) is 9.94 Å². The lowest BCUT2D eigenvalue weighted by atomic mass is 10.3. The zero-order chi connectivity index (χ0) is 16.6. The molecule has 21 heavy (non-hydrogen) atoms. The maximum absolute atomic E-state index is 8.60. The molecular weight excluding hydrogens is 285 g/mol. The lowest BCUT2D eigenvalue weighted by Crippen LogP contribution is -2.43.